The van der Waals surface area contributed by atoms with Gasteiger partial charge in [-0.3, -0.25) is 4.90 Å². The van der Waals surface area contributed by atoms with Gasteiger partial charge in [-0.1, -0.05) is 24.4 Å². The van der Waals surface area contributed by atoms with Crippen LogP contribution in [0, 0.1) is 0 Å². The summed E-state index contributed by atoms with van der Waals surface area (Å²) in [6, 6.07) is 9.11. The molecular weight excluding hydrogens is 244 g/mol. The van der Waals surface area contributed by atoms with E-state index in [1.165, 1.54) is 44.5 Å². The SMILES string of the molecule is Clc1ccc(N2CCN(C3CCCC3)CC2)cc1. The molecule has 2 aliphatic rings. The van der Waals surface area contributed by atoms with Crippen molar-refractivity contribution in [3.63, 3.8) is 0 Å². The summed E-state index contributed by atoms with van der Waals surface area (Å²) in [5, 5.41) is 0.823. The van der Waals surface area contributed by atoms with Gasteiger partial charge in [-0.2, -0.15) is 0 Å². The van der Waals surface area contributed by atoms with E-state index in [9.17, 15) is 0 Å². The molecule has 1 aliphatic carbocycles. The van der Waals surface area contributed by atoms with Crippen LogP contribution in [-0.4, -0.2) is 37.1 Å². The molecule has 0 spiro atoms. The lowest BCUT2D eigenvalue weighted by Gasteiger charge is -2.39. The average molecular weight is 265 g/mol. The van der Waals surface area contributed by atoms with Crippen molar-refractivity contribution in [3.8, 4) is 0 Å². The molecule has 0 unspecified atom stereocenters. The van der Waals surface area contributed by atoms with Gasteiger partial charge in [0.25, 0.3) is 0 Å². The lowest BCUT2D eigenvalue weighted by atomic mass is 10.1. The Morgan fingerprint density at radius 3 is 2.11 bits per heavy atom. The Hall–Kier alpha value is -0.730. The van der Waals surface area contributed by atoms with Crippen molar-refractivity contribution in [1.82, 2.24) is 4.90 Å². The minimum Gasteiger partial charge on any atom is -0.369 e. The third-order valence-electron chi connectivity index (χ3n) is 4.35. The lowest BCUT2D eigenvalue weighted by molar-refractivity contribution is 0.187. The molecular formula is C15H21ClN2. The predicted octanol–water partition coefficient (Wildman–Crippen LogP) is 3.40. The van der Waals surface area contributed by atoms with E-state index >= 15 is 0 Å². The largest absolute Gasteiger partial charge is 0.369 e. The van der Waals surface area contributed by atoms with Gasteiger partial charge in [0.05, 0.1) is 0 Å². The van der Waals surface area contributed by atoms with E-state index in [2.05, 4.69) is 21.9 Å². The quantitative estimate of drug-likeness (QED) is 0.808. The van der Waals surface area contributed by atoms with E-state index < -0.39 is 0 Å². The van der Waals surface area contributed by atoms with Crippen LogP contribution in [-0.2, 0) is 0 Å². The molecule has 2 fully saturated rings. The molecule has 0 atom stereocenters. The molecule has 1 heterocycles. The Balaban J connectivity index is 1.57. The average Bonchev–Trinajstić information content (AvgIpc) is 2.94. The molecule has 1 aromatic carbocycles. The fraction of sp³-hybridized carbons (Fsp3) is 0.600. The number of halogens is 1. The highest BCUT2D eigenvalue weighted by Gasteiger charge is 2.25. The molecule has 18 heavy (non-hydrogen) atoms. The van der Waals surface area contributed by atoms with Crippen LogP contribution in [0.4, 0.5) is 5.69 Å². The topological polar surface area (TPSA) is 6.48 Å². The molecule has 0 amide bonds. The number of hydrogen-bond donors (Lipinski definition) is 0. The van der Waals surface area contributed by atoms with Gasteiger partial charge in [-0.05, 0) is 37.1 Å². The number of piperazine rings is 1. The van der Waals surface area contributed by atoms with E-state index in [1.807, 2.05) is 12.1 Å². The summed E-state index contributed by atoms with van der Waals surface area (Å²) in [6.45, 7) is 4.73. The second kappa shape index (κ2) is 5.50. The zero-order valence-electron chi connectivity index (χ0n) is 10.8. The Morgan fingerprint density at radius 2 is 1.50 bits per heavy atom. The number of hydrogen-bond acceptors (Lipinski definition) is 2. The Kier molecular flexibility index (Phi) is 3.76. The summed E-state index contributed by atoms with van der Waals surface area (Å²) in [5.74, 6) is 0. The molecule has 1 aromatic rings. The minimum absolute atomic E-state index is 0.823. The van der Waals surface area contributed by atoms with Crippen LogP contribution >= 0.6 is 11.6 Å². The monoisotopic (exact) mass is 264 g/mol. The normalized spacial score (nSPS) is 22.6. The maximum absolute atomic E-state index is 5.93. The summed E-state index contributed by atoms with van der Waals surface area (Å²) in [4.78, 5) is 5.17. The highest BCUT2D eigenvalue weighted by Crippen LogP contribution is 2.26. The van der Waals surface area contributed by atoms with E-state index in [0.29, 0.717) is 0 Å². The molecule has 3 rings (SSSR count). The summed E-state index contributed by atoms with van der Waals surface area (Å²) in [5.41, 5.74) is 1.31. The van der Waals surface area contributed by atoms with Crippen LogP contribution in [0.15, 0.2) is 24.3 Å². The number of anilines is 1. The fourth-order valence-electron chi connectivity index (χ4n) is 3.27. The third-order valence-corrected chi connectivity index (χ3v) is 4.60. The highest BCUT2D eigenvalue weighted by molar-refractivity contribution is 6.30. The maximum Gasteiger partial charge on any atom is 0.0407 e. The molecule has 0 bridgehead atoms. The first-order chi connectivity index (χ1) is 8.83. The first-order valence-corrected chi connectivity index (χ1v) is 7.45. The second-order valence-electron chi connectivity index (χ2n) is 5.44. The Bertz CT molecular complexity index is 376. The van der Waals surface area contributed by atoms with Crippen molar-refractivity contribution in [3.05, 3.63) is 29.3 Å². The number of benzene rings is 1. The molecule has 0 N–H and O–H groups in total. The van der Waals surface area contributed by atoms with Gasteiger partial charge in [-0.25, -0.2) is 0 Å². The summed E-state index contributed by atoms with van der Waals surface area (Å²) < 4.78 is 0. The van der Waals surface area contributed by atoms with Gasteiger partial charge >= 0.3 is 0 Å². The molecule has 0 aromatic heterocycles. The Morgan fingerprint density at radius 1 is 0.889 bits per heavy atom. The molecule has 1 saturated carbocycles. The molecule has 3 heteroatoms. The van der Waals surface area contributed by atoms with Gasteiger partial charge in [0.15, 0.2) is 0 Å². The first-order valence-electron chi connectivity index (χ1n) is 7.07. The first kappa shape index (κ1) is 12.3. The van der Waals surface area contributed by atoms with Crippen molar-refractivity contribution < 1.29 is 0 Å². The second-order valence-corrected chi connectivity index (χ2v) is 5.87. The number of rotatable bonds is 2. The maximum atomic E-state index is 5.93. The van der Waals surface area contributed by atoms with Crippen LogP contribution < -0.4 is 4.90 Å². The minimum atomic E-state index is 0.823. The van der Waals surface area contributed by atoms with Crippen LogP contribution in [0.1, 0.15) is 25.7 Å². The summed E-state index contributed by atoms with van der Waals surface area (Å²) >= 11 is 5.93. The van der Waals surface area contributed by atoms with Gasteiger partial charge in [0.2, 0.25) is 0 Å². The molecule has 98 valence electrons. The van der Waals surface area contributed by atoms with Gasteiger partial charge in [0, 0.05) is 42.9 Å². The smallest absolute Gasteiger partial charge is 0.0407 e. The fourth-order valence-corrected chi connectivity index (χ4v) is 3.39. The number of nitrogens with zero attached hydrogens (tertiary/aromatic N) is 2. The van der Waals surface area contributed by atoms with E-state index in [-0.39, 0.29) is 0 Å². The van der Waals surface area contributed by atoms with E-state index in [4.69, 9.17) is 11.6 Å². The molecule has 2 nitrogen and oxygen atoms in total. The molecule has 1 saturated heterocycles. The van der Waals surface area contributed by atoms with Crippen LogP contribution in [0.25, 0.3) is 0 Å². The highest BCUT2D eigenvalue weighted by atomic mass is 35.5. The third kappa shape index (κ3) is 2.65. The van der Waals surface area contributed by atoms with Gasteiger partial charge < -0.3 is 4.90 Å². The van der Waals surface area contributed by atoms with Crippen molar-refractivity contribution in [1.29, 1.82) is 0 Å². The van der Waals surface area contributed by atoms with Crippen molar-refractivity contribution in [2.45, 2.75) is 31.7 Å². The van der Waals surface area contributed by atoms with E-state index in [0.717, 1.165) is 24.2 Å². The van der Waals surface area contributed by atoms with Crippen LogP contribution in [0.3, 0.4) is 0 Å². The summed E-state index contributed by atoms with van der Waals surface area (Å²) in [6.07, 6.45) is 5.70. The Labute approximate surface area is 115 Å². The van der Waals surface area contributed by atoms with Gasteiger partial charge in [-0.15, -0.1) is 0 Å². The molecule has 1 aliphatic heterocycles. The van der Waals surface area contributed by atoms with Crippen molar-refractivity contribution in [2.75, 3.05) is 31.1 Å². The van der Waals surface area contributed by atoms with Gasteiger partial charge in [0.1, 0.15) is 0 Å². The van der Waals surface area contributed by atoms with Crippen molar-refractivity contribution in [2.24, 2.45) is 0 Å². The zero-order valence-corrected chi connectivity index (χ0v) is 11.6. The summed E-state index contributed by atoms with van der Waals surface area (Å²) in [7, 11) is 0. The standard InChI is InChI=1S/C15H21ClN2/c16-13-5-7-15(8-6-13)18-11-9-17(10-12-18)14-3-1-2-4-14/h5-8,14H,1-4,9-12H2. The zero-order chi connectivity index (χ0) is 12.4. The van der Waals surface area contributed by atoms with Crippen LogP contribution in [0.5, 0.6) is 0 Å². The molecule has 0 radical (unpaired) electrons. The van der Waals surface area contributed by atoms with E-state index in [1.54, 1.807) is 0 Å². The van der Waals surface area contributed by atoms with Crippen LogP contribution in [0.2, 0.25) is 5.02 Å². The lowest BCUT2D eigenvalue weighted by Crippen LogP contribution is -2.49. The van der Waals surface area contributed by atoms with Crippen molar-refractivity contribution >= 4 is 17.3 Å². The predicted molar refractivity (Wildman–Crippen MR) is 77.5 cm³/mol.